The summed E-state index contributed by atoms with van der Waals surface area (Å²) < 4.78 is 0. The minimum absolute atomic E-state index is 0.356. The Morgan fingerprint density at radius 3 is 2.95 bits per heavy atom. The summed E-state index contributed by atoms with van der Waals surface area (Å²) in [6.45, 7) is 3.25. The molecule has 0 aliphatic heterocycles. The van der Waals surface area contributed by atoms with Gasteiger partial charge in [0.05, 0.1) is 0 Å². The average Bonchev–Trinajstić information content (AvgIpc) is 3.04. The van der Waals surface area contributed by atoms with Gasteiger partial charge in [-0.25, -0.2) is 0 Å². The van der Waals surface area contributed by atoms with Crippen molar-refractivity contribution in [3.05, 3.63) is 64.6 Å². The molecular formula is C18H20N2S. The molecule has 1 aromatic carbocycles. The van der Waals surface area contributed by atoms with Crippen molar-refractivity contribution in [2.75, 3.05) is 6.54 Å². The van der Waals surface area contributed by atoms with E-state index in [1.807, 2.05) is 23.7 Å². The van der Waals surface area contributed by atoms with Gasteiger partial charge in [0, 0.05) is 35.1 Å². The van der Waals surface area contributed by atoms with Crippen molar-refractivity contribution in [2.24, 2.45) is 0 Å². The molecule has 1 N–H and O–H groups in total. The zero-order chi connectivity index (χ0) is 14.5. The van der Waals surface area contributed by atoms with Gasteiger partial charge in [-0.1, -0.05) is 31.2 Å². The summed E-state index contributed by atoms with van der Waals surface area (Å²) in [7, 11) is 0. The van der Waals surface area contributed by atoms with Crippen LogP contribution in [0.2, 0.25) is 0 Å². The number of hydrogen-bond acceptors (Lipinski definition) is 3. The first kappa shape index (κ1) is 14.2. The lowest BCUT2D eigenvalue weighted by molar-refractivity contribution is 0.535. The van der Waals surface area contributed by atoms with Gasteiger partial charge in [-0.2, -0.15) is 0 Å². The van der Waals surface area contributed by atoms with E-state index < -0.39 is 0 Å². The molecule has 3 aromatic rings. The van der Waals surface area contributed by atoms with Crippen LogP contribution in [0.15, 0.2) is 54.2 Å². The topological polar surface area (TPSA) is 24.9 Å². The number of fused-ring (bicyclic) bond motifs is 1. The highest BCUT2D eigenvalue weighted by atomic mass is 32.1. The summed E-state index contributed by atoms with van der Waals surface area (Å²) in [5, 5.41) is 8.37. The molecule has 0 bridgehead atoms. The van der Waals surface area contributed by atoms with Gasteiger partial charge in [-0.15, -0.1) is 11.3 Å². The van der Waals surface area contributed by atoms with Gasteiger partial charge < -0.3 is 5.32 Å². The van der Waals surface area contributed by atoms with E-state index in [1.54, 1.807) is 0 Å². The minimum atomic E-state index is 0.356. The average molecular weight is 296 g/mol. The third-order valence-electron chi connectivity index (χ3n) is 3.72. The molecule has 21 heavy (non-hydrogen) atoms. The fourth-order valence-corrected chi connectivity index (χ4v) is 3.44. The largest absolute Gasteiger partial charge is 0.310 e. The predicted octanol–water partition coefficient (Wildman–Crippen LogP) is 4.58. The number of benzene rings is 1. The first-order valence-electron chi connectivity index (χ1n) is 7.47. The molecule has 0 fully saturated rings. The van der Waals surface area contributed by atoms with E-state index in [9.17, 15) is 0 Å². The highest BCUT2D eigenvalue weighted by Gasteiger charge is 2.14. The van der Waals surface area contributed by atoms with Crippen LogP contribution in [0.4, 0.5) is 0 Å². The monoisotopic (exact) mass is 296 g/mol. The number of nitrogens with one attached hydrogen (secondary N) is 1. The Hall–Kier alpha value is -1.71. The second-order valence-electron chi connectivity index (χ2n) is 5.23. The lowest BCUT2D eigenvalue weighted by atomic mass is 9.97. The van der Waals surface area contributed by atoms with Crippen LogP contribution in [0.3, 0.4) is 0 Å². The fraction of sp³-hybridized carbons (Fsp3) is 0.278. The molecule has 0 spiro atoms. The molecule has 0 saturated heterocycles. The van der Waals surface area contributed by atoms with Crippen LogP contribution in [-0.4, -0.2) is 11.5 Å². The van der Waals surface area contributed by atoms with E-state index >= 15 is 0 Å². The molecule has 0 aliphatic rings. The second-order valence-corrected chi connectivity index (χ2v) is 6.27. The third-order valence-corrected chi connectivity index (χ3v) is 4.61. The molecular weight excluding hydrogens is 276 g/mol. The first-order valence-corrected chi connectivity index (χ1v) is 8.35. The van der Waals surface area contributed by atoms with Crippen molar-refractivity contribution in [1.82, 2.24) is 10.3 Å². The maximum Gasteiger partial charge on any atom is 0.0374 e. The molecule has 3 rings (SSSR count). The van der Waals surface area contributed by atoms with Crippen LogP contribution in [0, 0.1) is 0 Å². The zero-order valence-corrected chi connectivity index (χ0v) is 13.1. The number of nitrogens with zero attached hydrogens (tertiary/aromatic N) is 1. The lowest BCUT2D eigenvalue weighted by Gasteiger charge is -2.20. The van der Waals surface area contributed by atoms with E-state index in [4.69, 9.17) is 0 Å². The number of pyridine rings is 1. The molecule has 0 aliphatic carbocycles. The van der Waals surface area contributed by atoms with Crippen molar-refractivity contribution < 1.29 is 0 Å². The number of rotatable bonds is 6. The maximum atomic E-state index is 4.23. The van der Waals surface area contributed by atoms with E-state index in [1.165, 1.54) is 21.2 Å². The van der Waals surface area contributed by atoms with Crippen molar-refractivity contribution in [3.63, 3.8) is 0 Å². The van der Waals surface area contributed by atoms with Gasteiger partial charge >= 0.3 is 0 Å². The van der Waals surface area contributed by atoms with Gasteiger partial charge in [0.15, 0.2) is 0 Å². The van der Waals surface area contributed by atoms with Crippen molar-refractivity contribution in [3.8, 4) is 0 Å². The quantitative estimate of drug-likeness (QED) is 0.720. The Morgan fingerprint density at radius 2 is 2.14 bits per heavy atom. The van der Waals surface area contributed by atoms with E-state index in [2.05, 4.69) is 59.0 Å². The van der Waals surface area contributed by atoms with Crippen molar-refractivity contribution in [1.29, 1.82) is 0 Å². The summed E-state index contributed by atoms with van der Waals surface area (Å²) in [6, 6.07) is 13.3. The Bertz CT molecular complexity index is 686. The molecule has 0 saturated carbocycles. The molecule has 2 heterocycles. The Labute approximate surface area is 129 Å². The Morgan fingerprint density at radius 1 is 1.19 bits per heavy atom. The maximum absolute atomic E-state index is 4.23. The normalized spacial score (nSPS) is 12.6. The van der Waals surface area contributed by atoms with Crippen LogP contribution in [-0.2, 0) is 6.42 Å². The van der Waals surface area contributed by atoms with Gasteiger partial charge in [-0.05, 0) is 41.4 Å². The lowest BCUT2D eigenvalue weighted by Crippen LogP contribution is -2.24. The smallest absolute Gasteiger partial charge is 0.0374 e. The van der Waals surface area contributed by atoms with Gasteiger partial charge in [-0.3, -0.25) is 4.98 Å². The van der Waals surface area contributed by atoms with Crippen LogP contribution in [0.1, 0.15) is 29.8 Å². The first-order chi connectivity index (χ1) is 10.4. The fourth-order valence-electron chi connectivity index (χ4n) is 2.69. The number of thiophene rings is 1. The van der Waals surface area contributed by atoms with Crippen LogP contribution < -0.4 is 5.32 Å². The van der Waals surface area contributed by atoms with Crippen LogP contribution >= 0.6 is 11.3 Å². The Kier molecular flexibility index (Phi) is 4.63. The molecule has 0 radical (unpaired) electrons. The minimum Gasteiger partial charge on any atom is -0.310 e. The summed E-state index contributed by atoms with van der Waals surface area (Å²) in [5.41, 5.74) is 1.37. The van der Waals surface area contributed by atoms with Crippen LogP contribution in [0.5, 0.6) is 0 Å². The third kappa shape index (κ3) is 3.31. The summed E-state index contributed by atoms with van der Waals surface area (Å²) in [6.07, 6.45) is 6.01. The molecule has 1 unspecified atom stereocenters. The summed E-state index contributed by atoms with van der Waals surface area (Å²) >= 11 is 1.83. The molecule has 3 heteroatoms. The second kappa shape index (κ2) is 6.83. The van der Waals surface area contributed by atoms with E-state index in [0.29, 0.717) is 6.04 Å². The SMILES string of the molecule is CCCNC(Cc1cccs1)c1cccc2cnccc12. The van der Waals surface area contributed by atoms with Gasteiger partial charge in [0.1, 0.15) is 0 Å². The number of hydrogen-bond donors (Lipinski definition) is 1. The molecule has 2 nitrogen and oxygen atoms in total. The number of aromatic nitrogens is 1. The van der Waals surface area contributed by atoms with Crippen molar-refractivity contribution >= 4 is 22.1 Å². The van der Waals surface area contributed by atoms with Gasteiger partial charge in [0.2, 0.25) is 0 Å². The predicted molar refractivity (Wildman–Crippen MR) is 90.8 cm³/mol. The van der Waals surface area contributed by atoms with E-state index in [0.717, 1.165) is 19.4 Å². The van der Waals surface area contributed by atoms with Crippen molar-refractivity contribution in [2.45, 2.75) is 25.8 Å². The molecule has 1 atom stereocenters. The van der Waals surface area contributed by atoms with E-state index in [-0.39, 0.29) is 0 Å². The Balaban J connectivity index is 1.97. The molecule has 2 aromatic heterocycles. The zero-order valence-electron chi connectivity index (χ0n) is 12.3. The standard InChI is InChI=1S/C18H20N2S/c1-2-9-20-18(12-15-6-4-11-21-15)17-7-3-5-14-13-19-10-8-16(14)17/h3-8,10-11,13,18,20H,2,9,12H2,1H3. The summed E-state index contributed by atoms with van der Waals surface area (Å²) in [4.78, 5) is 5.66. The van der Waals surface area contributed by atoms with Gasteiger partial charge in [0.25, 0.3) is 0 Å². The highest BCUT2D eigenvalue weighted by molar-refractivity contribution is 7.09. The molecule has 0 amide bonds. The molecule has 108 valence electrons. The summed E-state index contributed by atoms with van der Waals surface area (Å²) in [5.74, 6) is 0. The van der Waals surface area contributed by atoms with Crippen LogP contribution in [0.25, 0.3) is 10.8 Å². The highest BCUT2D eigenvalue weighted by Crippen LogP contribution is 2.27.